The number of hydrogen-bond acceptors (Lipinski definition) is 18. The number of amidine groups is 3. The van der Waals surface area contributed by atoms with Crippen LogP contribution < -0.4 is 15.1 Å². The van der Waals surface area contributed by atoms with Crippen molar-refractivity contribution < 1.29 is 71.9 Å². The van der Waals surface area contributed by atoms with Crippen LogP contribution in [0.25, 0.3) is 0 Å². The molecule has 0 aromatic heterocycles. The maximum Gasteiger partial charge on any atom is 0.471 e. The monoisotopic (exact) mass is 782 g/mol. The molecular weight excluding hydrogens is 731 g/mol. The van der Waals surface area contributed by atoms with Gasteiger partial charge in [0.1, 0.15) is 18.2 Å². The second kappa shape index (κ2) is 32.3. The Morgan fingerprint density at radius 1 is 0.527 bits per heavy atom. The van der Waals surface area contributed by atoms with Crippen molar-refractivity contribution in [3.05, 3.63) is 0 Å². The number of nitriles is 3. The molecule has 0 aliphatic rings. The molecule has 0 aliphatic carbocycles. The van der Waals surface area contributed by atoms with Crippen molar-refractivity contribution in [2.45, 2.75) is 20.8 Å². The maximum absolute atomic E-state index is 11.2. The van der Waals surface area contributed by atoms with Gasteiger partial charge in [-0.25, -0.2) is 42.8 Å². The zero-order valence-corrected chi connectivity index (χ0v) is 34.0. The summed E-state index contributed by atoms with van der Waals surface area (Å²) in [5.74, 6) is -2.40. The number of esters is 3. The average molecular weight is 783 g/mol. The predicted octanol–water partition coefficient (Wildman–Crippen LogP) is -5.04. The molecule has 24 nitrogen and oxygen atoms in total. The van der Waals surface area contributed by atoms with Crippen LogP contribution in [-0.2, 0) is 43.1 Å². The van der Waals surface area contributed by atoms with Crippen LogP contribution in [-0.4, -0.2) is 193 Å². The number of carbonyl (C=O) groups excluding carboxylic acids is 3. The lowest BCUT2D eigenvalue weighted by atomic mass is 10.3. The molecule has 0 atom stereocenters. The summed E-state index contributed by atoms with van der Waals surface area (Å²) in [4.78, 5) is 53.7. The van der Waals surface area contributed by atoms with Crippen molar-refractivity contribution in [1.82, 2.24) is 14.7 Å². The largest absolute Gasteiger partial charge is 0.907 e. The number of carbonyl (C=O) groups is 3. The normalized spacial score (nSPS) is 9.98. The standard InChI is InChI=1S/3C10H17N4O3.BO3/c3*1-6-16-9(15)8(7-11)12-17-10(13(2)3)14(4)5;2-1(3)4/h3*6H2,1-5H3;/q3*+1;-3. The fraction of sp³-hybridized carbons (Fsp3) is 0.600. The van der Waals surface area contributed by atoms with E-state index in [9.17, 15) is 14.4 Å². The van der Waals surface area contributed by atoms with Crippen LogP contribution in [0.5, 0.6) is 0 Å². The van der Waals surface area contributed by atoms with Crippen molar-refractivity contribution in [2.24, 2.45) is 15.5 Å². The van der Waals surface area contributed by atoms with Crippen molar-refractivity contribution in [3.63, 3.8) is 0 Å². The van der Waals surface area contributed by atoms with Crippen molar-refractivity contribution in [2.75, 3.05) is 104 Å². The Morgan fingerprint density at radius 3 is 0.818 bits per heavy atom. The highest BCUT2D eigenvalue weighted by Crippen LogP contribution is 1.94. The van der Waals surface area contributed by atoms with E-state index in [4.69, 9.17) is 45.4 Å². The van der Waals surface area contributed by atoms with Gasteiger partial charge in [-0.2, -0.15) is 15.8 Å². The van der Waals surface area contributed by atoms with E-state index in [-0.39, 0.29) is 19.8 Å². The Kier molecular flexibility index (Phi) is 32.5. The van der Waals surface area contributed by atoms with Crippen LogP contribution in [0.1, 0.15) is 20.8 Å². The molecule has 0 amide bonds. The first-order valence-corrected chi connectivity index (χ1v) is 15.6. The predicted molar refractivity (Wildman–Crippen MR) is 190 cm³/mol. The van der Waals surface area contributed by atoms with E-state index < -0.39 is 42.4 Å². The lowest BCUT2D eigenvalue weighted by molar-refractivity contribution is -0.481. The smallest absolute Gasteiger partial charge is 0.471 e. The van der Waals surface area contributed by atoms with Gasteiger partial charge in [-0.1, -0.05) is 15.5 Å². The first-order chi connectivity index (χ1) is 25.5. The zero-order valence-electron chi connectivity index (χ0n) is 34.0. The first-order valence-electron chi connectivity index (χ1n) is 15.6. The molecule has 0 heterocycles. The zero-order chi connectivity index (χ0) is 43.8. The van der Waals surface area contributed by atoms with Crippen LogP contribution in [0.2, 0.25) is 0 Å². The van der Waals surface area contributed by atoms with Crippen LogP contribution >= 0.6 is 0 Å². The molecule has 0 aromatic rings. The maximum atomic E-state index is 11.2. The van der Waals surface area contributed by atoms with E-state index in [1.807, 2.05) is 0 Å². The van der Waals surface area contributed by atoms with Gasteiger partial charge in [-0.05, 0) is 20.8 Å². The second-order valence-electron chi connectivity index (χ2n) is 10.6. The number of rotatable bonds is 9. The van der Waals surface area contributed by atoms with Gasteiger partial charge in [0.2, 0.25) is 0 Å². The molecule has 0 radical (unpaired) electrons. The number of hydrogen-bond donors (Lipinski definition) is 0. The average Bonchev–Trinajstić information content (AvgIpc) is 3.06. The molecule has 0 fully saturated rings. The fourth-order valence-corrected chi connectivity index (χ4v) is 2.86. The summed E-state index contributed by atoms with van der Waals surface area (Å²) >= 11 is 0. The molecule has 0 spiro atoms. The second-order valence-corrected chi connectivity index (χ2v) is 10.6. The lowest BCUT2D eigenvalue weighted by Crippen LogP contribution is -2.56. The molecule has 0 N–H and O–H groups in total. The van der Waals surface area contributed by atoms with E-state index in [1.54, 1.807) is 152 Å². The topological polar surface area (TPSA) is 303 Å². The molecule has 0 saturated carbocycles. The molecule has 25 heteroatoms. The van der Waals surface area contributed by atoms with E-state index >= 15 is 0 Å². The highest BCUT2D eigenvalue weighted by atomic mass is 16.7. The van der Waals surface area contributed by atoms with E-state index in [1.165, 1.54) is 0 Å². The SMILES string of the molecule is CCOC(=O)C(C#N)=NOC(N(C)C)=[N+](C)C.CCOC(=O)C(C#N)=NOC(N(C)C)=[N+](C)C.CCOC(=O)C(C#N)=NOC(N(C)C)=[N+](C)C.[O-]B([O-])[O-]. The highest BCUT2D eigenvalue weighted by Gasteiger charge is 2.20. The van der Waals surface area contributed by atoms with Crippen molar-refractivity contribution >= 4 is 60.4 Å². The van der Waals surface area contributed by atoms with Crippen LogP contribution in [0.3, 0.4) is 0 Å². The van der Waals surface area contributed by atoms with Gasteiger partial charge in [0, 0.05) is 0 Å². The Morgan fingerprint density at radius 2 is 0.709 bits per heavy atom. The van der Waals surface area contributed by atoms with Gasteiger partial charge in [0.05, 0.1) is 104 Å². The van der Waals surface area contributed by atoms with E-state index in [0.29, 0.717) is 18.1 Å². The molecule has 0 aliphatic heterocycles. The number of oxime groups is 3. The van der Waals surface area contributed by atoms with Crippen molar-refractivity contribution in [1.29, 1.82) is 15.8 Å². The minimum absolute atomic E-state index is 0.178. The number of ether oxygens (including phenoxy) is 3. The molecular formula is C30H51BN12O12. The molecule has 0 aromatic carbocycles. The van der Waals surface area contributed by atoms with Crippen LogP contribution in [0.4, 0.5) is 0 Å². The van der Waals surface area contributed by atoms with Gasteiger partial charge in [-0.3, -0.25) is 21.8 Å². The molecule has 0 bridgehead atoms. The fourth-order valence-electron chi connectivity index (χ4n) is 2.86. The van der Waals surface area contributed by atoms with Gasteiger partial charge >= 0.3 is 36.0 Å². The summed E-state index contributed by atoms with van der Waals surface area (Å²) in [5.41, 5.74) is -1.27. The van der Waals surface area contributed by atoms with Crippen LogP contribution in [0.15, 0.2) is 15.5 Å². The van der Waals surface area contributed by atoms with Gasteiger partial charge < -0.3 is 29.3 Å². The summed E-state index contributed by atoms with van der Waals surface area (Å²) in [6.07, 6.45) is 0. The Balaban J connectivity index is -0.000000337. The Hall–Kier alpha value is -6.36. The highest BCUT2D eigenvalue weighted by molar-refractivity contribution is 6.43. The summed E-state index contributed by atoms with van der Waals surface area (Å²) in [6, 6.07) is 6.03. The Labute approximate surface area is 321 Å². The summed E-state index contributed by atoms with van der Waals surface area (Å²) in [6.45, 7) is 5.47. The quantitative estimate of drug-likeness (QED) is 0.0402. The third-order valence-corrected chi connectivity index (χ3v) is 4.68. The first kappa shape index (κ1) is 55.4. The Bertz CT molecular complexity index is 1360. The third-order valence-electron chi connectivity index (χ3n) is 4.68. The summed E-state index contributed by atoms with van der Waals surface area (Å²) < 4.78 is 18.9. The van der Waals surface area contributed by atoms with Gasteiger partial charge in [0.25, 0.3) is 17.1 Å². The summed E-state index contributed by atoms with van der Waals surface area (Å²) in [7, 11) is 18.1. The minimum Gasteiger partial charge on any atom is -0.907 e. The van der Waals surface area contributed by atoms with E-state index in [0.717, 1.165) is 0 Å². The molecule has 306 valence electrons. The number of nitrogens with zero attached hydrogens (tertiary/aromatic N) is 12. The molecule has 0 unspecified atom stereocenters. The summed E-state index contributed by atoms with van der Waals surface area (Å²) in [5, 5.41) is 61.8. The molecule has 55 heavy (non-hydrogen) atoms. The van der Waals surface area contributed by atoms with E-state index in [2.05, 4.69) is 29.7 Å². The lowest BCUT2D eigenvalue weighted by Gasteiger charge is -2.35. The van der Waals surface area contributed by atoms with Gasteiger partial charge in [-0.15, -0.1) is 0 Å². The molecule has 0 rings (SSSR count). The van der Waals surface area contributed by atoms with Crippen molar-refractivity contribution in [3.8, 4) is 18.2 Å². The minimum atomic E-state index is -2.92. The van der Waals surface area contributed by atoms with Crippen LogP contribution in [0, 0.1) is 34.0 Å². The molecule has 0 saturated heterocycles. The van der Waals surface area contributed by atoms with Gasteiger partial charge in [0.15, 0.2) is 0 Å². The third kappa shape index (κ3) is 27.9.